The summed E-state index contributed by atoms with van der Waals surface area (Å²) in [5.41, 5.74) is 0. The number of carbonyl (C=O) groups excluding carboxylic acids is 1. The predicted octanol–water partition coefficient (Wildman–Crippen LogP) is 0.395. The van der Waals surface area contributed by atoms with E-state index in [1.807, 2.05) is 7.05 Å². The first-order valence-corrected chi connectivity index (χ1v) is 5.07. The highest BCUT2D eigenvalue weighted by Gasteiger charge is 2.25. The number of aliphatic hydroxyl groups is 1. The molecule has 0 atom stereocenters. The van der Waals surface area contributed by atoms with Gasteiger partial charge in [0.1, 0.15) is 6.61 Å². The minimum absolute atomic E-state index is 0.0221. The molecule has 0 aromatic rings. The van der Waals surface area contributed by atoms with E-state index in [0.717, 1.165) is 25.7 Å². The van der Waals surface area contributed by atoms with Crippen molar-refractivity contribution < 1.29 is 14.6 Å². The van der Waals surface area contributed by atoms with Crippen molar-refractivity contribution in [3.8, 4) is 0 Å². The van der Waals surface area contributed by atoms with Gasteiger partial charge in [0, 0.05) is 20.2 Å². The maximum absolute atomic E-state index is 11.5. The highest BCUT2D eigenvalue weighted by atomic mass is 16.5. The third kappa shape index (κ3) is 2.96. The van der Waals surface area contributed by atoms with Crippen LogP contribution in [0.2, 0.25) is 0 Å². The molecule has 0 radical (unpaired) electrons. The molecule has 4 heteroatoms. The van der Waals surface area contributed by atoms with Gasteiger partial charge in [-0.3, -0.25) is 4.79 Å². The fourth-order valence-electron chi connectivity index (χ4n) is 1.87. The topological polar surface area (TPSA) is 49.8 Å². The zero-order valence-corrected chi connectivity index (χ0v) is 8.90. The van der Waals surface area contributed by atoms with Crippen molar-refractivity contribution in [1.82, 2.24) is 4.90 Å². The van der Waals surface area contributed by atoms with Crippen LogP contribution in [0, 0.1) is 0 Å². The van der Waals surface area contributed by atoms with Gasteiger partial charge in [0.25, 0.3) is 0 Å². The third-order valence-corrected chi connectivity index (χ3v) is 2.88. The number of hydrogen-bond acceptors (Lipinski definition) is 3. The Hall–Kier alpha value is -0.610. The van der Waals surface area contributed by atoms with E-state index in [0.29, 0.717) is 0 Å². The summed E-state index contributed by atoms with van der Waals surface area (Å²) in [6.07, 6.45) is 3.22. The molecule has 1 N–H and O–H groups in total. The van der Waals surface area contributed by atoms with E-state index in [1.165, 1.54) is 7.11 Å². The number of carbonyl (C=O) groups is 1. The first-order chi connectivity index (χ1) is 6.65. The summed E-state index contributed by atoms with van der Waals surface area (Å²) in [5.74, 6) is 0.0221. The van der Waals surface area contributed by atoms with Crippen molar-refractivity contribution >= 4 is 5.91 Å². The lowest BCUT2D eigenvalue weighted by atomic mass is 9.92. The van der Waals surface area contributed by atoms with Crippen LogP contribution in [0.15, 0.2) is 0 Å². The molecule has 1 aliphatic rings. The second-order valence-electron chi connectivity index (χ2n) is 3.90. The largest absolute Gasteiger partial charge is 0.393 e. The fourth-order valence-corrected chi connectivity index (χ4v) is 1.87. The highest BCUT2D eigenvalue weighted by Crippen LogP contribution is 2.22. The Morgan fingerprint density at radius 1 is 1.43 bits per heavy atom. The van der Waals surface area contributed by atoms with Gasteiger partial charge >= 0.3 is 0 Å². The van der Waals surface area contributed by atoms with Crippen LogP contribution in [-0.2, 0) is 9.53 Å². The summed E-state index contributed by atoms with van der Waals surface area (Å²) < 4.78 is 4.80. The zero-order chi connectivity index (χ0) is 10.6. The highest BCUT2D eigenvalue weighted by molar-refractivity contribution is 5.77. The van der Waals surface area contributed by atoms with Gasteiger partial charge in [-0.15, -0.1) is 0 Å². The van der Waals surface area contributed by atoms with Crippen LogP contribution in [0.25, 0.3) is 0 Å². The Morgan fingerprint density at radius 2 is 2.00 bits per heavy atom. The average molecular weight is 201 g/mol. The molecule has 0 spiro atoms. The number of aliphatic hydroxyl groups excluding tert-OH is 1. The van der Waals surface area contributed by atoms with Crippen LogP contribution >= 0.6 is 0 Å². The number of likely N-dealkylation sites (N-methyl/N-ethyl adjacent to an activating group) is 1. The Kier molecular flexibility index (Phi) is 4.35. The molecule has 1 rings (SSSR count). The van der Waals surface area contributed by atoms with Crippen molar-refractivity contribution in [3.63, 3.8) is 0 Å². The molecule has 1 amide bonds. The average Bonchev–Trinajstić information content (AvgIpc) is 2.18. The quantitative estimate of drug-likeness (QED) is 0.719. The number of nitrogens with zero attached hydrogens (tertiary/aromatic N) is 1. The van der Waals surface area contributed by atoms with Gasteiger partial charge in [-0.05, 0) is 25.7 Å². The Balaban J connectivity index is 2.37. The van der Waals surface area contributed by atoms with Crippen molar-refractivity contribution in [2.75, 3.05) is 20.8 Å². The summed E-state index contributed by atoms with van der Waals surface area (Å²) in [5, 5.41) is 9.32. The van der Waals surface area contributed by atoms with Gasteiger partial charge in [-0.1, -0.05) is 0 Å². The van der Waals surface area contributed by atoms with Gasteiger partial charge in [0.2, 0.25) is 5.91 Å². The fraction of sp³-hybridized carbons (Fsp3) is 0.900. The normalized spacial score (nSPS) is 27.4. The molecule has 82 valence electrons. The molecule has 0 unspecified atom stereocenters. The van der Waals surface area contributed by atoms with Crippen molar-refractivity contribution in [2.45, 2.75) is 37.8 Å². The molecule has 0 aliphatic heterocycles. The van der Waals surface area contributed by atoms with Crippen LogP contribution < -0.4 is 0 Å². The molecule has 0 aromatic heterocycles. The molecule has 0 aromatic carbocycles. The van der Waals surface area contributed by atoms with Gasteiger partial charge < -0.3 is 14.7 Å². The first-order valence-electron chi connectivity index (χ1n) is 5.07. The number of amides is 1. The molecule has 0 bridgehead atoms. The van der Waals surface area contributed by atoms with E-state index >= 15 is 0 Å². The van der Waals surface area contributed by atoms with E-state index in [1.54, 1.807) is 4.90 Å². The lowest BCUT2D eigenvalue weighted by Gasteiger charge is -2.32. The number of rotatable bonds is 3. The summed E-state index contributed by atoms with van der Waals surface area (Å²) in [6, 6.07) is 0.279. The maximum Gasteiger partial charge on any atom is 0.248 e. The summed E-state index contributed by atoms with van der Waals surface area (Å²) in [7, 11) is 3.33. The predicted molar refractivity (Wildman–Crippen MR) is 52.9 cm³/mol. The second kappa shape index (κ2) is 5.32. The van der Waals surface area contributed by atoms with Gasteiger partial charge in [0.05, 0.1) is 6.10 Å². The molecule has 4 nitrogen and oxygen atoms in total. The standard InChI is InChI=1S/C10H19NO3/c1-11(10(13)7-14-2)8-3-5-9(12)6-4-8/h8-9,12H,3-7H2,1-2H3. The second-order valence-corrected chi connectivity index (χ2v) is 3.90. The van der Waals surface area contributed by atoms with Crippen molar-refractivity contribution in [1.29, 1.82) is 0 Å². The molecule has 14 heavy (non-hydrogen) atoms. The SMILES string of the molecule is COCC(=O)N(C)C1CCC(O)CC1. The molecular formula is C10H19NO3. The third-order valence-electron chi connectivity index (χ3n) is 2.88. The number of ether oxygens (including phenoxy) is 1. The smallest absolute Gasteiger partial charge is 0.248 e. The molecule has 1 fully saturated rings. The van der Waals surface area contributed by atoms with Crippen molar-refractivity contribution in [3.05, 3.63) is 0 Å². The number of methoxy groups -OCH3 is 1. The van der Waals surface area contributed by atoms with Gasteiger partial charge in [-0.25, -0.2) is 0 Å². The van der Waals surface area contributed by atoms with E-state index in [-0.39, 0.29) is 24.7 Å². The van der Waals surface area contributed by atoms with Crippen LogP contribution in [-0.4, -0.2) is 48.8 Å². The monoisotopic (exact) mass is 201 g/mol. The molecule has 0 saturated heterocycles. The Labute approximate surface area is 84.8 Å². The molecule has 0 heterocycles. The molecule has 1 aliphatic carbocycles. The van der Waals surface area contributed by atoms with Crippen LogP contribution in [0.3, 0.4) is 0 Å². The lowest BCUT2D eigenvalue weighted by molar-refractivity contribution is -0.136. The molecule has 1 saturated carbocycles. The summed E-state index contributed by atoms with van der Waals surface area (Å²) in [6.45, 7) is 0.148. The van der Waals surface area contributed by atoms with Crippen LogP contribution in [0.1, 0.15) is 25.7 Å². The van der Waals surface area contributed by atoms with Gasteiger partial charge in [-0.2, -0.15) is 0 Å². The van der Waals surface area contributed by atoms with Crippen molar-refractivity contribution in [2.24, 2.45) is 0 Å². The van der Waals surface area contributed by atoms with E-state index < -0.39 is 0 Å². The maximum atomic E-state index is 11.5. The van der Waals surface area contributed by atoms with E-state index in [2.05, 4.69) is 0 Å². The minimum Gasteiger partial charge on any atom is -0.393 e. The lowest BCUT2D eigenvalue weighted by Crippen LogP contribution is -2.41. The summed E-state index contributed by atoms with van der Waals surface area (Å²) in [4.78, 5) is 13.2. The minimum atomic E-state index is -0.169. The van der Waals surface area contributed by atoms with E-state index in [9.17, 15) is 9.90 Å². The number of hydrogen-bond donors (Lipinski definition) is 1. The van der Waals surface area contributed by atoms with Crippen LogP contribution in [0.4, 0.5) is 0 Å². The van der Waals surface area contributed by atoms with E-state index in [4.69, 9.17) is 4.74 Å². The Bertz CT molecular complexity index is 188. The van der Waals surface area contributed by atoms with Crippen LogP contribution in [0.5, 0.6) is 0 Å². The van der Waals surface area contributed by atoms with Gasteiger partial charge in [0.15, 0.2) is 0 Å². The Morgan fingerprint density at radius 3 is 2.50 bits per heavy atom. The zero-order valence-electron chi connectivity index (χ0n) is 8.90. The summed E-state index contributed by atoms with van der Waals surface area (Å²) >= 11 is 0. The molecular weight excluding hydrogens is 182 g/mol. The first kappa shape index (κ1) is 11.5.